The van der Waals surface area contributed by atoms with E-state index in [9.17, 15) is 45.3 Å². The summed E-state index contributed by atoms with van der Waals surface area (Å²) in [5.74, 6) is -1.67. The summed E-state index contributed by atoms with van der Waals surface area (Å²) in [6, 6.07) is 0. The number of carbonyl (C=O) groups is 2. The summed E-state index contributed by atoms with van der Waals surface area (Å²) < 4.78 is 43.6. The molecule has 348 valence electrons. The second-order valence-corrected chi connectivity index (χ2v) is 22.2. The van der Waals surface area contributed by atoms with Gasteiger partial charge in [0.25, 0.3) is 0 Å². The summed E-state index contributed by atoms with van der Waals surface area (Å²) in [5.41, 5.74) is -3.46. The van der Waals surface area contributed by atoms with Gasteiger partial charge in [0.15, 0.2) is 24.8 Å². The maximum absolute atomic E-state index is 12.4. The molecule has 3 saturated heterocycles. The van der Waals surface area contributed by atoms with Gasteiger partial charge in [-0.2, -0.15) is 0 Å². The number of fused-ring (bicyclic) bond motifs is 2. The summed E-state index contributed by atoms with van der Waals surface area (Å²) in [7, 11) is 0. The van der Waals surface area contributed by atoms with Gasteiger partial charge in [-0.25, -0.2) is 0 Å². The monoisotopic (exact) mass is 868 g/mol. The van der Waals surface area contributed by atoms with E-state index in [1.54, 1.807) is 13.8 Å². The highest BCUT2D eigenvalue weighted by molar-refractivity contribution is 5.67. The Morgan fingerprint density at radius 3 is 2.05 bits per heavy atom. The van der Waals surface area contributed by atoms with E-state index in [0.29, 0.717) is 25.7 Å². The van der Waals surface area contributed by atoms with Crippen molar-refractivity contribution in [2.45, 2.75) is 211 Å². The predicted molar refractivity (Wildman–Crippen MR) is 213 cm³/mol. The third kappa shape index (κ3) is 6.89. The number of aliphatic hydroxyl groups excluding tert-OH is 6. The van der Waals surface area contributed by atoms with Crippen LogP contribution in [0, 0.1) is 44.8 Å². The van der Waals surface area contributed by atoms with Crippen LogP contribution in [0.15, 0.2) is 0 Å². The predicted octanol–water partition coefficient (Wildman–Crippen LogP) is 1.87. The average Bonchev–Trinajstić information content (AvgIpc) is 3.52. The number of carbonyl (C=O) groups excluding carboxylic acids is 2. The lowest BCUT2D eigenvalue weighted by molar-refractivity contribution is -0.339. The Morgan fingerprint density at radius 2 is 1.43 bits per heavy atom. The zero-order valence-corrected chi connectivity index (χ0v) is 37.3. The molecule has 8 rings (SSSR count). The van der Waals surface area contributed by atoms with Crippen molar-refractivity contribution in [2.75, 3.05) is 13.2 Å². The second kappa shape index (κ2) is 15.3. The van der Waals surface area contributed by atoms with Crippen molar-refractivity contribution in [2.24, 2.45) is 44.8 Å². The lowest BCUT2D eigenvalue weighted by Gasteiger charge is -2.65. The second-order valence-electron chi connectivity index (χ2n) is 22.2. The Kier molecular flexibility index (Phi) is 11.5. The number of aliphatic hydroxyl groups is 7. The van der Waals surface area contributed by atoms with Gasteiger partial charge in [0, 0.05) is 19.8 Å². The summed E-state index contributed by atoms with van der Waals surface area (Å²) >= 11 is 0. The van der Waals surface area contributed by atoms with Crippen molar-refractivity contribution in [3.63, 3.8) is 0 Å². The van der Waals surface area contributed by atoms with E-state index in [-0.39, 0.29) is 52.1 Å². The van der Waals surface area contributed by atoms with Gasteiger partial charge in [0.2, 0.25) is 0 Å². The third-order valence-corrected chi connectivity index (χ3v) is 18.2. The molecule has 3 heterocycles. The summed E-state index contributed by atoms with van der Waals surface area (Å²) in [4.78, 5) is 24.5. The van der Waals surface area contributed by atoms with E-state index in [2.05, 4.69) is 34.6 Å². The SMILES string of the molecule is CC(=O)OC1C(OC(C)=O)[C@H](O)CO[C@@H]1OC1CC[C@]23C[C@]24CC[C@]2(C)C(C5(C)CC[C@H](C(C)(C)O)O5)[C@@H](O)C[C@@]2(C)C4C[C@H](O[C@@H]2OC(CO)[C@H](O)C(O)C2O)C3C1(C)C. The van der Waals surface area contributed by atoms with Crippen LogP contribution in [0.1, 0.15) is 120 Å². The molecule has 0 aromatic heterocycles. The number of hydrogen-bond donors (Lipinski definition) is 7. The van der Waals surface area contributed by atoms with Crippen molar-refractivity contribution in [1.29, 1.82) is 0 Å². The molecule has 0 radical (unpaired) electrons. The maximum atomic E-state index is 12.4. The molecule has 0 aromatic carbocycles. The maximum Gasteiger partial charge on any atom is 0.303 e. The fourth-order valence-corrected chi connectivity index (χ4v) is 15.5. The first-order chi connectivity index (χ1) is 28.3. The molecule has 16 nitrogen and oxygen atoms in total. The van der Waals surface area contributed by atoms with Crippen LogP contribution in [0.5, 0.6) is 0 Å². The Hall–Kier alpha value is -1.54. The molecule has 0 bridgehead atoms. The van der Waals surface area contributed by atoms with Crippen molar-refractivity contribution < 1.29 is 78.5 Å². The molecule has 21 atom stereocenters. The first kappa shape index (κ1) is 46.0. The molecule has 0 aromatic rings. The Bertz CT molecular complexity index is 1680. The van der Waals surface area contributed by atoms with Crippen LogP contribution in [0.25, 0.3) is 0 Å². The first-order valence-corrected chi connectivity index (χ1v) is 22.6. The van der Waals surface area contributed by atoms with Gasteiger partial charge in [0.05, 0.1) is 48.8 Å². The van der Waals surface area contributed by atoms with Crippen LogP contribution in [0.4, 0.5) is 0 Å². The van der Waals surface area contributed by atoms with Crippen LogP contribution < -0.4 is 0 Å². The van der Waals surface area contributed by atoms with E-state index in [0.717, 1.165) is 32.1 Å². The zero-order valence-electron chi connectivity index (χ0n) is 37.3. The van der Waals surface area contributed by atoms with E-state index >= 15 is 0 Å². The van der Waals surface area contributed by atoms with Gasteiger partial charge in [-0.05, 0) is 117 Å². The molecule has 5 aliphatic carbocycles. The molecule has 5 saturated carbocycles. The molecular weight excluding hydrogens is 796 g/mol. The lowest BCUT2D eigenvalue weighted by atomic mass is 9.41. The Morgan fingerprint density at radius 1 is 0.754 bits per heavy atom. The van der Waals surface area contributed by atoms with Crippen molar-refractivity contribution in [3.05, 3.63) is 0 Å². The van der Waals surface area contributed by atoms with Gasteiger partial charge < -0.3 is 68.9 Å². The van der Waals surface area contributed by atoms with E-state index < -0.39 is 109 Å². The number of ether oxygens (including phenoxy) is 7. The Balaban J connectivity index is 1.15. The fourth-order valence-electron chi connectivity index (χ4n) is 15.5. The van der Waals surface area contributed by atoms with Crippen LogP contribution in [-0.2, 0) is 42.7 Å². The molecular formula is C45H72O16. The molecule has 10 unspecified atom stereocenters. The number of hydrogen-bond acceptors (Lipinski definition) is 16. The minimum atomic E-state index is -1.63. The minimum absolute atomic E-state index is 0.0638. The van der Waals surface area contributed by atoms with Crippen LogP contribution in [-0.4, -0.2) is 152 Å². The molecule has 16 heteroatoms. The van der Waals surface area contributed by atoms with E-state index in [4.69, 9.17) is 33.2 Å². The normalized spacial score (nSPS) is 53.8. The molecule has 2 spiro atoms. The van der Waals surface area contributed by atoms with Crippen molar-refractivity contribution in [3.8, 4) is 0 Å². The molecule has 3 aliphatic heterocycles. The summed E-state index contributed by atoms with van der Waals surface area (Å²) in [5, 5.41) is 77.1. The summed E-state index contributed by atoms with van der Waals surface area (Å²) in [6.45, 7) is 16.1. The zero-order chi connectivity index (χ0) is 44.6. The Labute approximate surface area is 358 Å². The smallest absolute Gasteiger partial charge is 0.303 e. The quantitative estimate of drug-likeness (QED) is 0.129. The highest BCUT2D eigenvalue weighted by Gasteiger charge is 2.85. The summed E-state index contributed by atoms with van der Waals surface area (Å²) in [6.07, 6.45) is -7.80. The lowest BCUT2D eigenvalue weighted by Crippen LogP contribution is -2.65. The van der Waals surface area contributed by atoms with E-state index in [1.807, 2.05) is 0 Å². The highest BCUT2D eigenvalue weighted by Crippen LogP contribution is 2.89. The molecule has 61 heavy (non-hydrogen) atoms. The van der Waals surface area contributed by atoms with E-state index in [1.165, 1.54) is 13.8 Å². The molecule has 8 aliphatic rings. The topological polar surface area (TPSA) is 240 Å². The first-order valence-electron chi connectivity index (χ1n) is 22.6. The molecule has 7 N–H and O–H groups in total. The fraction of sp³-hybridized carbons (Fsp3) is 0.956. The van der Waals surface area contributed by atoms with Crippen molar-refractivity contribution in [1.82, 2.24) is 0 Å². The van der Waals surface area contributed by atoms with Gasteiger partial charge in [-0.1, -0.05) is 27.7 Å². The number of esters is 2. The minimum Gasteiger partial charge on any atom is -0.455 e. The van der Waals surface area contributed by atoms with Crippen LogP contribution in [0.3, 0.4) is 0 Å². The van der Waals surface area contributed by atoms with Crippen molar-refractivity contribution >= 4 is 11.9 Å². The van der Waals surface area contributed by atoms with Crippen LogP contribution >= 0.6 is 0 Å². The van der Waals surface area contributed by atoms with Crippen LogP contribution in [0.2, 0.25) is 0 Å². The largest absolute Gasteiger partial charge is 0.455 e. The highest BCUT2D eigenvalue weighted by atomic mass is 16.7. The molecule has 0 amide bonds. The average molecular weight is 869 g/mol. The van der Waals surface area contributed by atoms with Gasteiger partial charge in [-0.3, -0.25) is 9.59 Å². The van der Waals surface area contributed by atoms with Gasteiger partial charge >= 0.3 is 11.9 Å². The standard InChI is InChI=1S/C45H72O16/c1-21(47)56-33-24(50)19-55-38(34(33)57-22(2)48)60-28-11-13-45-20-44(45)15-14-41(7)35(43(9)12-10-29(61-43)40(5,6)54)23(49)17-42(41,8)27(44)16-25(36(45)39(28,3)4)58-37-32(53)31(52)30(51)26(18-46)59-37/h23-38,46,49-54H,10-20H2,1-9H3/t23-,24+,25-,26?,27?,28?,29+,30-,31?,32?,33?,34?,35?,36?,37+,38+,41+,42-,43?,44-,45+/m0/s1. The number of rotatable bonds is 9. The van der Waals surface area contributed by atoms with Gasteiger partial charge in [-0.15, -0.1) is 0 Å². The van der Waals surface area contributed by atoms with Gasteiger partial charge in [0.1, 0.15) is 30.5 Å². The third-order valence-electron chi connectivity index (χ3n) is 18.2. The molecule has 8 fully saturated rings.